The molecule has 1 amide bonds. The van der Waals surface area contributed by atoms with E-state index in [0.29, 0.717) is 11.3 Å². The number of para-hydroxylation sites is 1. The highest BCUT2D eigenvalue weighted by molar-refractivity contribution is 5.91. The summed E-state index contributed by atoms with van der Waals surface area (Å²) in [7, 11) is 0. The van der Waals surface area contributed by atoms with Crippen molar-refractivity contribution in [2.75, 3.05) is 6.61 Å². The molecule has 126 valence electrons. The fourth-order valence-electron chi connectivity index (χ4n) is 1.92. The summed E-state index contributed by atoms with van der Waals surface area (Å²) in [6.45, 7) is 3.58. The van der Waals surface area contributed by atoms with Crippen molar-refractivity contribution >= 4 is 11.9 Å². The molecule has 5 heteroatoms. The molecule has 1 N–H and O–H groups in total. The lowest BCUT2D eigenvalue weighted by molar-refractivity contribution is -0.124. The van der Waals surface area contributed by atoms with Gasteiger partial charge in [0.2, 0.25) is 0 Å². The molecule has 0 aliphatic heterocycles. The molecule has 0 aromatic heterocycles. The number of rotatable bonds is 7. The molecule has 5 nitrogen and oxygen atoms in total. The van der Waals surface area contributed by atoms with E-state index in [1.165, 1.54) is 0 Å². The van der Waals surface area contributed by atoms with Gasteiger partial charge in [-0.1, -0.05) is 25.1 Å². The van der Waals surface area contributed by atoms with Crippen LogP contribution in [0.1, 0.15) is 30.6 Å². The summed E-state index contributed by atoms with van der Waals surface area (Å²) in [5.41, 5.74) is 0.367. The van der Waals surface area contributed by atoms with Crippen molar-refractivity contribution in [3.63, 3.8) is 0 Å². The summed E-state index contributed by atoms with van der Waals surface area (Å²) >= 11 is 0. The van der Waals surface area contributed by atoms with Crippen LogP contribution in [-0.4, -0.2) is 24.5 Å². The molecular formula is C19H21NO4. The van der Waals surface area contributed by atoms with Gasteiger partial charge in [0.05, 0.1) is 5.56 Å². The van der Waals surface area contributed by atoms with Gasteiger partial charge in [-0.3, -0.25) is 4.79 Å². The first-order chi connectivity index (χ1) is 11.6. The molecule has 0 aliphatic rings. The second kappa shape index (κ2) is 8.72. The van der Waals surface area contributed by atoms with Crippen LogP contribution in [0, 0.1) is 0 Å². The predicted octanol–water partition coefficient (Wildman–Crippen LogP) is 3.55. The maximum atomic E-state index is 11.9. The van der Waals surface area contributed by atoms with E-state index in [0.717, 1.165) is 12.2 Å². The molecule has 0 fully saturated rings. The minimum absolute atomic E-state index is 0.0608. The normalized spacial score (nSPS) is 11.4. The first-order valence-corrected chi connectivity index (χ1v) is 7.88. The highest BCUT2D eigenvalue weighted by atomic mass is 16.5. The standard InChI is InChI=1S/C19H21NO4/c1-3-14(2)20-18(21)13-23-19(22)15-9-11-17(12-10-15)24-16-7-5-4-6-8-16/h4-12,14H,3,13H2,1-2H3,(H,20,21)/t14-/m0/s1. The number of amides is 1. The molecule has 0 heterocycles. The number of esters is 1. The first kappa shape index (κ1) is 17.5. The van der Waals surface area contributed by atoms with Gasteiger partial charge >= 0.3 is 5.97 Å². The van der Waals surface area contributed by atoms with E-state index >= 15 is 0 Å². The summed E-state index contributed by atoms with van der Waals surface area (Å²) in [5.74, 6) is 0.490. The molecule has 2 rings (SSSR count). The van der Waals surface area contributed by atoms with Gasteiger partial charge in [-0.05, 0) is 49.7 Å². The lowest BCUT2D eigenvalue weighted by atomic mass is 10.2. The minimum atomic E-state index is -0.541. The number of nitrogens with one attached hydrogen (secondary N) is 1. The van der Waals surface area contributed by atoms with Crippen LogP contribution in [-0.2, 0) is 9.53 Å². The number of benzene rings is 2. The van der Waals surface area contributed by atoms with E-state index in [-0.39, 0.29) is 18.6 Å². The van der Waals surface area contributed by atoms with Crippen LogP contribution in [0.2, 0.25) is 0 Å². The zero-order valence-electron chi connectivity index (χ0n) is 13.8. The lowest BCUT2D eigenvalue weighted by Gasteiger charge is -2.11. The summed E-state index contributed by atoms with van der Waals surface area (Å²) in [6.07, 6.45) is 0.822. The summed E-state index contributed by atoms with van der Waals surface area (Å²) < 4.78 is 10.7. The second-order valence-electron chi connectivity index (χ2n) is 5.39. The Hall–Kier alpha value is -2.82. The molecule has 0 radical (unpaired) electrons. The Balaban J connectivity index is 1.86. The fraction of sp³-hybridized carbons (Fsp3) is 0.263. The Kier molecular flexibility index (Phi) is 6.37. The highest BCUT2D eigenvalue weighted by Crippen LogP contribution is 2.21. The number of carbonyl (C=O) groups is 2. The highest BCUT2D eigenvalue weighted by Gasteiger charge is 2.11. The average Bonchev–Trinajstić information content (AvgIpc) is 2.61. The Bertz CT molecular complexity index is 668. The van der Waals surface area contributed by atoms with Crippen LogP contribution in [0.15, 0.2) is 54.6 Å². The zero-order chi connectivity index (χ0) is 17.4. The lowest BCUT2D eigenvalue weighted by Crippen LogP contribution is -2.35. The third kappa shape index (κ3) is 5.43. The van der Waals surface area contributed by atoms with Crippen molar-refractivity contribution in [2.24, 2.45) is 0 Å². The van der Waals surface area contributed by atoms with Gasteiger partial charge in [0.1, 0.15) is 11.5 Å². The Morgan fingerprint density at radius 1 is 1.00 bits per heavy atom. The van der Waals surface area contributed by atoms with Crippen molar-refractivity contribution in [1.29, 1.82) is 0 Å². The topological polar surface area (TPSA) is 64.6 Å². The van der Waals surface area contributed by atoms with E-state index in [4.69, 9.17) is 9.47 Å². The van der Waals surface area contributed by atoms with Crippen LogP contribution in [0.4, 0.5) is 0 Å². The first-order valence-electron chi connectivity index (χ1n) is 7.88. The zero-order valence-corrected chi connectivity index (χ0v) is 13.8. The average molecular weight is 327 g/mol. The molecular weight excluding hydrogens is 306 g/mol. The number of hydrogen-bond donors (Lipinski definition) is 1. The monoisotopic (exact) mass is 327 g/mol. The number of ether oxygens (including phenoxy) is 2. The van der Waals surface area contributed by atoms with Crippen LogP contribution in [0.3, 0.4) is 0 Å². The molecule has 0 spiro atoms. The molecule has 0 saturated heterocycles. The minimum Gasteiger partial charge on any atom is -0.457 e. The third-order valence-corrected chi connectivity index (χ3v) is 3.42. The van der Waals surface area contributed by atoms with Crippen LogP contribution in [0.5, 0.6) is 11.5 Å². The second-order valence-corrected chi connectivity index (χ2v) is 5.39. The third-order valence-electron chi connectivity index (χ3n) is 3.42. The summed E-state index contributed by atoms with van der Waals surface area (Å²) in [6, 6.07) is 16.0. The van der Waals surface area contributed by atoms with Gasteiger partial charge in [-0.15, -0.1) is 0 Å². The molecule has 2 aromatic rings. The van der Waals surface area contributed by atoms with Crippen LogP contribution >= 0.6 is 0 Å². The largest absolute Gasteiger partial charge is 0.457 e. The number of carbonyl (C=O) groups excluding carboxylic acids is 2. The molecule has 0 unspecified atom stereocenters. The van der Waals surface area contributed by atoms with Gasteiger partial charge in [-0.25, -0.2) is 4.79 Å². The van der Waals surface area contributed by atoms with Gasteiger partial charge in [0, 0.05) is 6.04 Å². The SMILES string of the molecule is CC[C@H](C)NC(=O)COC(=O)c1ccc(Oc2ccccc2)cc1. The molecule has 2 aromatic carbocycles. The van der Waals surface area contributed by atoms with Crippen molar-refractivity contribution in [2.45, 2.75) is 26.3 Å². The van der Waals surface area contributed by atoms with E-state index in [1.54, 1.807) is 24.3 Å². The Morgan fingerprint density at radius 2 is 1.62 bits per heavy atom. The van der Waals surface area contributed by atoms with Gasteiger partial charge in [-0.2, -0.15) is 0 Å². The summed E-state index contributed by atoms with van der Waals surface area (Å²) in [4.78, 5) is 23.5. The summed E-state index contributed by atoms with van der Waals surface area (Å²) in [5, 5.41) is 2.74. The van der Waals surface area contributed by atoms with Crippen LogP contribution in [0.25, 0.3) is 0 Å². The molecule has 0 aliphatic carbocycles. The quantitative estimate of drug-likeness (QED) is 0.790. The Labute approximate surface area is 141 Å². The van der Waals surface area contributed by atoms with E-state index in [2.05, 4.69) is 5.32 Å². The van der Waals surface area contributed by atoms with E-state index in [1.807, 2.05) is 44.2 Å². The Morgan fingerprint density at radius 3 is 2.25 bits per heavy atom. The van der Waals surface area contributed by atoms with Crippen molar-refractivity contribution in [3.05, 3.63) is 60.2 Å². The van der Waals surface area contributed by atoms with Crippen molar-refractivity contribution in [1.82, 2.24) is 5.32 Å². The van der Waals surface area contributed by atoms with E-state index < -0.39 is 5.97 Å². The maximum absolute atomic E-state index is 11.9. The fourth-order valence-corrected chi connectivity index (χ4v) is 1.92. The molecule has 1 atom stereocenters. The molecule has 0 saturated carbocycles. The maximum Gasteiger partial charge on any atom is 0.338 e. The van der Waals surface area contributed by atoms with Gasteiger partial charge < -0.3 is 14.8 Å². The molecule has 0 bridgehead atoms. The van der Waals surface area contributed by atoms with E-state index in [9.17, 15) is 9.59 Å². The number of hydrogen-bond acceptors (Lipinski definition) is 4. The van der Waals surface area contributed by atoms with Gasteiger partial charge in [0.25, 0.3) is 5.91 Å². The van der Waals surface area contributed by atoms with Crippen molar-refractivity contribution in [3.8, 4) is 11.5 Å². The predicted molar refractivity (Wildman–Crippen MR) is 91.1 cm³/mol. The molecule has 24 heavy (non-hydrogen) atoms. The van der Waals surface area contributed by atoms with Crippen molar-refractivity contribution < 1.29 is 19.1 Å². The van der Waals surface area contributed by atoms with Gasteiger partial charge in [0.15, 0.2) is 6.61 Å². The smallest absolute Gasteiger partial charge is 0.338 e. The van der Waals surface area contributed by atoms with Crippen LogP contribution < -0.4 is 10.1 Å².